The second-order valence-electron chi connectivity index (χ2n) is 6.68. The van der Waals surface area contributed by atoms with Crippen molar-refractivity contribution in [2.45, 2.75) is 46.1 Å². The Balaban J connectivity index is 3.98. The number of thioether (sulfide) groups is 1. The van der Waals surface area contributed by atoms with Gasteiger partial charge in [-0.3, -0.25) is 24.0 Å². The largest absolute Gasteiger partial charge is 0.481 e. The lowest BCUT2D eigenvalue weighted by Crippen LogP contribution is -2.46. The summed E-state index contributed by atoms with van der Waals surface area (Å²) in [6.45, 7) is 4.49. The molecule has 11 heteroatoms. The Morgan fingerprint density at radius 2 is 1.68 bits per heavy atom. The number of carbonyl (C=O) groups is 5. The molecule has 0 rings (SSSR count). The van der Waals surface area contributed by atoms with E-state index in [4.69, 9.17) is 9.84 Å². The van der Waals surface area contributed by atoms with Gasteiger partial charge in [0.2, 0.25) is 11.8 Å². The van der Waals surface area contributed by atoms with Crippen LogP contribution in [0.4, 0.5) is 0 Å². The molecule has 28 heavy (non-hydrogen) atoms. The quantitative estimate of drug-likeness (QED) is 0.231. The summed E-state index contributed by atoms with van der Waals surface area (Å²) in [5, 5.41) is 23.3. The van der Waals surface area contributed by atoms with E-state index in [0.717, 1.165) is 11.8 Å². The predicted octanol–water partition coefficient (Wildman–Crippen LogP) is -0.316. The number of carboxylic acids is 1. The van der Waals surface area contributed by atoms with Gasteiger partial charge in [0.25, 0.3) is 0 Å². The summed E-state index contributed by atoms with van der Waals surface area (Å²) in [7, 11) is 0. The maximum absolute atomic E-state index is 11.9. The summed E-state index contributed by atoms with van der Waals surface area (Å²) in [6.07, 6.45) is -1.71. The topological polar surface area (TPSA) is 159 Å². The van der Waals surface area contributed by atoms with Gasteiger partial charge in [0.05, 0.1) is 13.0 Å². The van der Waals surface area contributed by atoms with Crippen LogP contribution in [-0.4, -0.2) is 70.6 Å². The molecule has 2 amide bonds. The lowest BCUT2D eigenvalue weighted by Gasteiger charge is -2.28. The molecular weight excluding hydrogens is 392 g/mol. The summed E-state index contributed by atoms with van der Waals surface area (Å²) in [6, 6.07) is 0. The van der Waals surface area contributed by atoms with E-state index >= 15 is 0 Å². The fourth-order valence-electron chi connectivity index (χ4n) is 1.84. The van der Waals surface area contributed by atoms with Gasteiger partial charge in [-0.05, 0) is 0 Å². The first kappa shape index (κ1) is 25.9. The third-order valence-electron chi connectivity index (χ3n) is 3.52. The zero-order chi connectivity index (χ0) is 21.7. The van der Waals surface area contributed by atoms with Crippen molar-refractivity contribution in [1.82, 2.24) is 10.6 Å². The van der Waals surface area contributed by atoms with Crippen LogP contribution in [0.3, 0.4) is 0 Å². The molecule has 1 atom stereocenters. The lowest BCUT2D eigenvalue weighted by atomic mass is 9.87. The SMILES string of the molecule is CC(=O)OCC(C)(C)C(O)C(=O)NCCC(=O)NCCSC(=O)CCC(=O)O. The van der Waals surface area contributed by atoms with Gasteiger partial charge in [0.15, 0.2) is 5.12 Å². The summed E-state index contributed by atoms with van der Waals surface area (Å²) in [5.74, 6) is -2.25. The van der Waals surface area contributed by atoms with Gasteiger partial charge >= 0.3 is 11.9 Å². The zero-order valence-electron chi connectivity index (χ0n) is 16.3. The van der Waals surface area contributed by atoms with E-state index in [1.54, 1.807) is 13.8 Å². The molecule has 0 saturated carbocycles. The van der Waals surface area contributed by atoms with Crippen molar-refractivity contribution < 1.29 is 38.9 Å². The summed E-state index contributed by atoms with van der Waals surface area (Å²) < 4.78 is 4.82. The van der Waals surface area contributed by atoms with Crippen LogP contribution in [0, 0.1) is 5.41 Å². The first-order valence-electron chi connectivity index (χ1n) is 8.69. The molecule has 0 aromatic rings. The highest BCUT2D eigenvalue weighted by Gasteiger charge is 2.34. The van der Waals surface area contributed by atoms with Crippen molar-refractivity contribution in [3.8, 4) is 0 Å². The summed E-state index contributed by atoms with van der Waals surface area (Å²) in [5.41, 5.74) is -0.984. The number of hydrogen-bond donors (Lipinski definition) is 4. The maximum atomic E-state index is 11.9. The first-order chi connectivity index (χ1) is 13.0. The average Bonchev–Trinajstić information content (AvgIpc) is 2.61. The Morgan fingerprint density at radius 1 is 1.04 bits per heavy atom. The number of carboxylic acid groups (broad SMARTS) is 1. The zero-order valence-corrected chi connectivity index (χ0v) is 17.1. The van der Waals surface area contributed by atoms with Crippen LogP contribution in [0.2, 0.25) is 0 Å². The molecule has 0 aromatic heterocycles. The first-order valence-corrected chi connectivity index (χ1v) is 9.67. The average molecular weight is 420 g/mol. The van der Waals surface area contributed by atoms with Crippen molar-refractivity contribution in [3.63, 3.8) is 0 Å². The summed E-state index contributed by atoms with van der Waals surface area (Å²) >= 11 is 0.947. The van der Waals surface area contributed by atoms with E-state index in [1.807, 2.05) is 0 Å². The molecule has 0 aliphatic rings. The molecule has 0 fully saturated rings. The van der Waals surface area contributed by atoms with Gasteiger partial charge < -0.3 is 25.6 Å². The molecule has 0 aliphatic heterocycles. The Labute approximate surface area is 167 Å². The number of amides is 2. The molecule has 0 bridgehead atoms. The van der Waals surface area contributed by atoms with Gasteiger partial charge in [-0.25, -0.2) is 0 Å². The highest BCUT2D eigenvalue weighted by atomic mass is 32.2. The Morgan fingerprint density at radius 3 is 2.25 bits per heavy atom. The van der Waals surface area contributed by atoms with E-state index < -0.39 is 29.4 Å². The molecule has 0 spiro atoms. The van der Waals surface area contributed by atoms with Crippen LogP contribution in [-0.2, 0) is 28.7 Å². The van der Waals surface area contributed by atoms with E-state index in [0.29, 0.717) is 5.75 Å². The molecule has 160 valence electrons. The van der Waals surface area contributed by atoms with Crippen molar-refractivity contribution >= 4 is 40.6 Å². The second kappa shape index (κ2) is 13.1. The number of esters is 1. The number of hydrogen-bond acceptors (Lipinski definition) is 8. The van der Waals surface area contributed by atoms with Gasteiger partial charge in [0, 0.05) is 44.0 Å². The van der Waals surface area contributed by atoms with Gasteiger partial charge in [0.1, 0.15) is 6.10 Å². The number of carbonyl (C=O) groups excluding carboxylic acids is 4. The number of rotatable bonds is 13. The van der Waals surface area contributed by atoms with Crippen LogP contribution in [0.5, 0.6) is 0 Å². The second-order valence-corrected chi connectivity index (χ2v) is 7.83. The third-order valence-corrected chi connectivity index (χ3v) is 4.45. The molecule has 0 aliphatic carbocycles. The van der Waals surface area contributed by atoms with Crippen LogP contribution in [0.25, 0.3) is 0 Å². The molecule has 0 heterocycles. The van der Waals surface area contributed by atoms with Gasteiger partial charge in [-0.15, -0.1) is 0 Å². The van der Waals surface area contributed by atoms with E-state index in [9.17, 15) is 29.1 Å². The molecule has 0 aromatic carbocycles. The number of nitrogens with one attached hydrogen (secondary N) is 2. The van der Waals surface area contributed by atoms with E-state index in [1.165, 1.54) is 6.92 Å². The Hall–Kier alpha value is -2.14. The number of aliphatic carboxylic acids is 1. The standard InChI is InChI=1S/C17H28N2O8S/c1-11(20)27-10-17(2,3)15(25)16(26)19-7-6-12(21)18-8-9-28-14(24)5-4-13(22)23/h15,25H,4-10H2,1-3H3,(H,18,21)(H,19,26)(H,22,23). The minimum absolute atomic E-state index is 0.00998. The van der Waals surface area contributed by atoms with Crippen molar-refractivity contribution in [2.75, 3.05) is 25.4 Å². The molecule has 10 nitrogen and oxygen atoms in total. The number of ether oxygens (including phenoxy) is 1. The van der Waals surface area contributed by atoms with E-state index in [-0.39, 0.29) is 50.0 Å². The van der Waals surface area contributed by atoms with E-state index in [2.05, 4.69) is 10.6 Å². The molecule has 0 radical (unpaired) electrons. The molecular formula is C17H28N2O8S. The van der Waals surface area contributed by atoms with Crippen LogP contribution in [0.1, 0.15) is 40.0 Å². The van der Waals surface area contributed by atoms with Gasteiger partial charge in [-0.2, -0.15) is 0 Å². The fourth-order valence-corrected chi connectivity index (χ4v) is 2.52. The highest BCUT2D eigenvalue weighted by molar-refractivity contribution is 8.13. The highest BCUT2D eigenvalue weighted by Crippen LogP contribution is 2.21. The van der Waals surface area contributed by atoms with Crippen molar-refractivity contribution in [2.24, 2.45) is 5.41 Å². The van der Waals surface area contributed by atoms with Gasteiger partial charge in [-0.1, -0.05) is 25.6 Å². The van der Waals surface area contributed by atoms with Crippen molar-refractivity contribution in [1.29, 1.82) is 0 Å². The normalized spacial score (nSPS) is 12.0. The Kier molecular flexibility index (Phi) is 12.1. The maximum Gasteiger partial charge on any atom is 0.303 e. The van der Waals surface area contributed by atoms with Crippen LogP contribution < -0.4 is 10.6 Å². The predicted molar refractivity (Wildman–Crippen MR) is 101 cm³/mol. The Bertz CT molecular complexity index is 580. The smallest absolute Gasteiger partial charge is 0.303 e. The molecule has 1 unspecified atom stereocenters. The minimum atomic E-state index is -1.41. The monoisotopic (exact) mass is 420 g/mol. The molecule has 0 saturated heterocycles. The minimum Gasteiger partial charge on any atom is -0.481 e. The number of aliphatic hydroxyl groups is 1. The third kappa shape index (κ3) is 12.3. The molecule has 4 N–H and O–H groups in total. The van der Waals surface area contributed by atoms with Crippen LogP contribution in [0.15, 0.2) is 0 Å². The lowest BCUT2D eigenvalue weighted by molar-refractivity contribution is -0.151. The van der Waals surface area contributed by atoms with Crippen molar-refractivity contribution in [3.05, 3.63) is 0 Å². The summed E-state index contributed by atoms with van der Waals surface area (Å²) in [4.78, 5) is 56.2. The van der Waals surface area contributed by atoms with Crippen LogP contribution >= 0.6 is 11.8 Å². The fraction of sp³-hybridized carbons (Fsp3) is 0.706. The number of aliphatic hydroxyl groups excluding tert-OH is 1.